The lowest BCUT2D eigenvalue weighted by Crippen LogP contribution is -2.53. The molecule has 33 heavy (non-hydrogen) atoms. The van der Waals surface area contributed by atoms with Gasteiger partial charge in [-0.2, -0.15) is 13.5 Å². The lowest BCUT2D eigenvalue weighted by atomic mass is 9.96. The number of amides is 2. The molecule has 0 aliphatic carbocycles. The van der Waals surface area contributed by atoms with Crippen molar-refractivity contribution in [3.05, 3.63) is 36.3 Å². The number of pyridine rings is 1. The van der Waals surface area contributed by atoms with Crippen molar-refractivity contribution in [1.82, 2.24) is 14.8 Å². The van der Waals surface area contributed by atoms with Gasteiger partial charge in [-0.3, -0.25) is 9.78 Å². The summed E-state index contributed by atoms with van der Waals surface area (Å²) in [6.07, 6.45) is 2.94. The van der Waals surface area contributed by atoms with E-state index in [2.05, 4.69) is 9.88 Å². The molecule has 0 radical (unpaired) electrons. The third-order valence-corrected chi connectivity index (χ3v) is 6.04. The number of carbonyl (C=O) groups excluding carboxylic acids is 2. The van der Waals surface area contributed by atoms with Gasteiger partial charge in [-0.1, -0.05) is 0 Å². The molecule has 9 heteroatoms. The molecule has 2 fully saturated rings. The number of rotatable bonds is 2. The van der Waals surface area contributed by atoms with E-state index in [0.29, 0.717) is 44.8 Å². The van der Waals surface area contributed by atoms with Gasteiger partial charge in [0, 0.05) is 62.6 Å². The number of carbonyl (C=O) groups is 2. The van der Waals surface area contributed by atoms with E-state index in [-0.39, 0.29) is 37.2 Å². The van der Waals surface area contributed by atoms with Crippen LogP contribution in [0.5, 0.6) is 0 Å². The summed E-state index contributed by atoms with van der Waals surface area (Å²) in [6, 6.07) is 6.60. The van der Waals surface area contributed by atoms with E-state index < -0.39 is 5.60 Å². The fourth-order valence-corrected chi connectivity index (χ4v) is 4.48. The van der Waals surface area contributed by atoms with Gasteiger partial charge in [0.25, 0.3) is 0 Å². The first-order valence-corrected chi connectivity index (χ1v) is 11.3. The van der Waals surface area contributed by atoms with Gasteiger partial charge in [-0.15, -0.1) is 0 Å². The third-order valence-electron chi connectivity index (χ3n) is 6.04. The van der Waals surface area contributed by atoms with Crippen LogP contribution in [0.3, 0.4) is 0 Å². The molecule has 1 aromatic carbocycles. The highest BCUT2D eigenvalue weighted by molar-refractivity contribution is 7.59. The molecule has 2 saturated heterocycles. The van der Waals surface area contributed by atoms with Gasteiger partial charge in [0.15, 0.2) is 0 Å². The summed E-state index contributed by atoms with van der Waals surface area (Å²) in [4.78, 5) is 35.7. The van der Waals surface area contributed by atoms with Crippen LogP contribution in [0.15, 0.2) is 30.5 Å². The van der Waals surface area contributed by atoms with Crippen LogP contribution in [0, 0.1) is 11.7 Å². The fourth-order valence-electron chi connectivity index (χ4n) is 4.48. The monoisotopic (exact) mass is 476 g/mol. The van der Waals surface area contributed by atoms with E-state index in [4.69, 9.17) is 4.74 Å². The Hall–Kier alpha value is -2.55. The van der Waals surface area contributed by atoms with E-state index in [1.54, 1.807) is 17.2 Å². The van der Waals surface area contributed by atoms with Gasteiger partial charge in [0.05, 0.1) is 11.4 Å². The quantitative estimate of drug-likeness (QED) is 0.660. The zero-order valence-electron chi connectivity index (χ0n) is 19.5. The van der Waals surface area contributed by atoms with Gasteiger partial charge in [-0.05, 0) is 51.8 Å². The molecular formula is C24H33FN4O3S. The molecule has 2 aliphatic heterocycles. The number of fused-ring (bicyclic) bond motifs is 1. The summed E-state index contributed by atoms with van der Waals surface area (Å²) in [5, 5.41) is 0.911. The molecule has 0 bridgehead atoms. The van der Waals surface area contributed by atoms with Gasteiger partial charge < -0.3 is 19.4 Å². The standard InChI is InChI=1S/C24H31FN4O3.H2S/c1-24(2,3)32-23(31)29-10-4-5-17(16-29)22(30)28-13-11-27(12-14-28)21-8-9-26-20-15-18(25)6-7-19(20)21;/h6-9,15,17H,4-5,10-14,16H2,1-3H3;1H2/t17-;/m0./s1. The van der Waals surface area contributed by atoms with Gasteiger partial charge in [-0.25, -0.2) is 9.18 Å². The first kappa shape index (κ1) is 25.1. The predicted octanol–water partition coefficient (Wildman–Crippen LogP) is 3.78. The normalized spacial score (nSPS) is 19.3. The Balaban J connectivity index is 0.00000306. The molecule has 0 spiro atoms. The Bertz CT molecular complexity index is 1000. The maximum Gasteiger partial charge on any atom is 0.410 e. The second-order valence-electron chi connectivity index (χ2n) is 9.57. The minimum Gasteiger partial charge on any atom is -0.444 e. The molecule has 0 N–H and O–H groups in total. The third kappa shape index (κ3) is 5.88. The fraction of sp³-hybridized carbons (Fsp3) is 0.542. The van der Waals surface area contributed by atoms with E-state index in [0.717, 1.165) is 23.9 Å². The van der Waals surface area contributed by atoms with Crippen molar-refractivity contribution in [1.29, 1.82) is 0 Å². The van der Waals surface area contributed by atoms with Crippen molar-refractivity contribution >= 4 is 42.1 Å². The van der Waals surface area contributed by atoms with Crippen LogP contribution < -0.4 is 4.90 Å². The summed E-state index contributed by atoms with van der Waals surface area (Å²) in [6.45, 7) is 9.21. The average Bonchev–Trinajstić information content (AvgIpc) is 2.77. The van der Waals surface area contributed by atoms with Crippen molar-refractivity contribution in [2.24, 2.45) is 5.92 Å². The topological polar surface area (TPSA) is 66.0 Å². The Morgan fingerprint density at radius 2 is 1.79 bits per heavy atom. The minimum absolute atomic E-state index is 0. The summed E-state index contributed by atoms with van der Waals surface area (Å²) < 4.78 is 19.0. The van der Waals surface area contributed by atoms with Crippen LogP contribution in [-0.4, -0.2) is 71.7 Å². The average molecular weight is 477 g/mol. The Kier molecular flexibility index (Phi) is 7.72. The Morgan fingerprint density at radius 3 is 2.48 bits per heavy atom. The lowest BCUT2D eigenvalue weighted by Gasteiger charge is -2.40. The zero-order chi connectivity index (χ0) is 22.9. The van der Waals surface area contributed by atoms with E-state index in [1.165, 1.54) is 12.1 Å². The summed E-state index contributed by atoms with van der Waals surface area (Å²) >= 11 is 0. The number of aromatic nitrogens is 1. The largest absolute Gasteiger partial charge is 0.444 e. The molecule has 3 heterocycles. The molecule has 7 nitrogen and oxygen atoms in total. The number of halogens is 1. The summed E-state index contributed by atoms with van der Waals surface area (Å²) in [5.74, 6) is -0.377. The molecule has 4 rings (SSSR count). The van der Waals surface area contributed by atoms with Crippen molar-refractivity contribution in [3.8, 4) is 0 Å². The van der Waals surface area contributed by atoms with E-state index >= 15 is 0 Å². The Labute approximate surface area is 201 Å². The molecular weight excluding hydrogens is 443 g/mol. The molecule has 2 aliphatic rings. The number of nitrogens with zero attached hydrogens (tertiary/aromatic N) is 4. The highest BCUT2D eigenvalue weighted by Crippen LogP contribution is 2.28. The van der Waals surface area contributed by atoms with Crippen LogP contribution in [-0.2, 0) is 9.53 Å². The first-order chi connectivity index (χ1) is 15.2. The van der Waals surface area contributed by atoms with Crippen LogP contribution in [0.1, 0.15) is 33.6 Å². The SMILES string of the molecule is CC(C)(C)OC(=O)N1CCC[C@H](C(=O)N2CCN(c3ccnc4cc(F)ccc34)CC2)C1.S. The predicted molar refractivity (Wildman–Crippen MR) is 131 cm³/mol. The van der Waals surface area contributed by atoms with Crippen LogP contribution >= 0.6 is 13.5 Å². The van der Waals surface area contributed by atoms with E-state index in [9.17, 15) is 14.0 Å². The number of ether oxygens (including phenoxy) is 1. The summed E-state index contributed by atoms with van der Waals surface area (Å²) in [7, 11) is 0. The van der Waals surface area contributed by atoms with Gasteiger partial charge in [0.1, 0.15) is 11.4 Å². The second kappa shape index (κ2) is 10.2. The van der Waals surface area contributed by atoms with E-state index in [1.807, 2.05) is 31.7 Å². The molecule has 2 amide bonds. The number of piperazine rings is 1. The van der Waals surface area contributed by atoms with Crippen LogP contribution in [0.25, 0.3) is 10.9 Å². The van der Waals surface area contributed by atoms with Crippen LogP contribution in [0.4, 0.5) is 14.9 Å². The number of anilines is 1. The van der Waals surface area contributed by atoms with Gasteiger partial charge >= 0.3 is 6.09 Å². The highest BCUT2D eigenvalue weighted by Gasteiger charge is 2.34. The highest BCUT2D eigenvalue weighted by atomic mass is 32.1. The second-order valence-corrected chi connectivity index (χ2v) is 9.57. The first-order valence-electron chi connectivity index (χ1n) is 11.3. The van der Waals surface area contributed by atoms with Crippen molar-refractivity contribution < 1.29 is 18.7 Å². The number of piperidine rings is 1. The lowest BCUT2D eigenvalue weighted by molar-refractivity contribution is -0.137. The number of hydrogen-bond donors (Lipinski definition) is 0. The van der Waals surface area contributed by atoms with Crippen molar-refractivity contribution in [2.45, 2.75) is 39.2 Å². The summed E-state index contributed by atoms with van der Waals surface area (Å²) in [5.41, 5.74) is 1.09. The molecule has 0 unspecified atom stereocenters. The van der Waals surface area contributed by atoms with Crippen molar-refractivity contribution in [2.75, 3.05) is 44.2 Å². The maximum atomic E-state index is 13.6. The molecule has 1 atom stereocenters. The molecule has 1 aromatic heterocycles. The Morgan fingerprint density at radius 1 is 1.06 bits per heavy atom. The number of likely N-dealkylation sites (tertiary alicyclic amines) is 1. The minimum atomic E-state index is -0.548. The van der Waals surface area contributed by atoms with Crippen LogP contribution in [0.2, 0.25) is 0 Å². The molecule has 180 valence electrons. The molecule has 2 aromatic rings. The van der Waals surface area contributed by atoms with Crippen molar-refractivity contribution in [3.63, 3.8) is 0 Å². The molecule has 0 saturated carbocycles. The smallest absolute Gasteiger partial charge is 0.410 e. The zero-order valence-corrected chi connectivity index (χ0v) is 20.5. The van der Waals surface area contributed by atoms with Gasteiger partial charge in [0.2, 0.25) is 5.91 Å². The number of benzene rings is 1. The number of hydrogen-bond acceptors (Lipinski definition) is 5. The maximum absolute atomic E-state index is 13.6.